The maximum absolute atomic E-state index is 12.5. The molecule has 0 fully saturated rings. The van der Waals surface area contributed by atoms with Gasteiger partial charge >= 0.3 is 12.3 Å². The van der Waals surface area contributed by atoms with Gasteiger partial charge in [-0.15, -0.1) is 0 Å². The zero-order chi connectivity index (χ0) is 9.84. The van der Waals surface area contributed by atoms with Crippen molar-refractivity contribution in [2.75, 3.05) is 0 Å². The van der Waals surface area contributed by atoms with Gasteiger partial charge in [0.15, 0.2) is 0 Å². The third kappa shape index (κ3) is 2.70. The molecule has 70 valence electrons. The van der Waals surface area contributed by atoms with E-state index in [1.807, 2.05) is 0 Å². The SMILES string of the molecule is Cc1ccc(OC(F)C(=O)O)cn1. The van der Waals surface area contributed by atoms with Crippen LogP contribution in [0.2, 0.25) is 0 Å². The van der Waals surface area contributed by atoms with Crippen LogP contribution >= 0.6 is 0 Å². The van der Waals surface area contributed by atoms with Crippen LogP contribution in [-0.2, 0) is 4.79 Å². The van der Waals surface area contributed by atoms with E-state index >= 15 is 0 Å². The van der Waals surface area contributed by atoms with E-state index in [1.54, 1.807) is 13.0 Å². The van der Waals surface area contributed by atoms with Crippen molar-refractivity contribution in [2.45, 2.75) is 13.3 Å². The second-order valence-electron chi connectivity index (χ2n) is 2.41. The molecular weight excluding hydrogens is 177 g/mol. The van der Waals surface area contributed by atoms with Crippen LogP contribution in [0.4, 0.5) is 4.39 Å². The molecule has 0 spiro atoms. The first-order valence-corrected chi connectivity index (χ1v) is 3.56. The summed E-state index contributed by atoms with van der Waals surface area (Å²) in [5.41, 5.74) is 0.748. The predicted octanol–water partition coefficient (Wildman–Crippen LogP) is 1.15. The van der Waals surface area contributed by atoms with Crippen molar-refractivity contribution in [2.24, 2.45) is 0 Å². The monoisotopic (exact) mass is 185 g/mol. The van der Waals surface area contributed by atoms with Crippen molar-refractivity contribution in [3.8, 4) is 5.75 Å². The largest absolute Gasteiger partial charge is 0.476 e. The number of aromatic nitrogens is 1. The van der Waals surface area contributed by atoms with Gasteiger partial charge in [-0.05, 0) is 19.1 Å². The summed E-state index contributed by atoms with van der Waals surface area (Å²) >= 11 is 0. The van der Waals surface area contributed by atoms with E-state index in [9.17, 15) is 9.18 Å². The van der Waals surface area contributed by atoms with Gasteiger partial charge in [0.25, 0.3) is 0 Å². The number of alkyl halides is 1. The van der Waals surface area contributed by atoms with Crippen LogP contribution in [-0.4, -0.2) is 22.4 Å². The first-order valence-electron chi connectivity index (χ1n) is 3.56. The number of pyridine rings is 1. The highest BCUT2D eigenvalue weighted by Crippen LogP contribution is 2.11. The van der Waals surface area contributed by atoms with Gasteiger partial charge in [0.05, 0.1) is 6.20 Å². The first kappa shape index (κ1) is 9.44. The number of ether oxygens (including phenoxy) is 1. The number of carboxylic acid groups (broad SMARTS) is 1. The molecule has 0 aromatic carbocycles. The molecule has 1 atom stereocenters. The van der Waals surface area contributed by atoms with Crippen molar-refractivity contribution in [1.82, 2.24) is 4.98 Å². The van der Waals surface area contributed by atoms with Gasteiger partial charge in [0.1, 0.15) is 5.75 Å². The van der Waals surface area contributed by atoms with Crippen LogP contribution < -0.4 is 4.74 Å². The van der Waals surface area contributed by atoms with Crippen molar-refractivity contribution in [1.29, 1.82) is 0 Å². The maximum atomic E-state index is 12.5. The van der Waals surface area contributed by atoms with Gasteiger partial charge in [0, 0.05) is 5.69 Å². The zero-order valence-electron chi connectivity index (χ0n) is 6.90. The van der Waals surface area contributed by atoms with Crippen LogP contribution in [0.1, 0.15) is 5.69 Å². The Kier molecular flexibility index (Phi) is 2.79. The van der Waals surface area contributed by atoms with E-state index in [0.717, 1.165) is 5.69 Å². The lowest BCUT2D eigenvalue weighted by molar-refractivity contribution is -0.153. The average molecular weight is 185 g/mol. The Morgan fingerprint density at radius 2 is 2.38 bits per heavy atom. The van der Waals surface area contributed by atoms with Gasteiger partial charge in [-0.2, -0.15) is 4.39 Å². The van der Waals surface area contributed by atoms with Crippen LogP contribution in [0.5, 0.6) is 5.75 Å². The molecule has 1 unspecified atom stereocenters. The van der Waals surface area contributed by atoms with Crippen LogP contribution in [0.3, 0.4) is 0 Å². The van der Waals surface area contributed by atoms with Gasteiger partial charge in [-0.25, -0.2) is 4.79 Å². The lowest BCUT2D eigenvalue weighted by Gasteiger charge is -2.06. The highest BCUT2D eigenvalue weighted by molar-refractivity contribution is 5.70. The lowest BCUT2D eigenvalue weighted by Crippen LogP contribution is -2.21. The van der Waals surface area contributed by atoms with Crippen molar-refractivity contribution in [3.05, 3.63) is 24.0 Å². The molecule has 5 heteroatoms. The van der Waals surface area contributed by atoms with Crippen molar-refractivity contribution >= 4 is 5.97 Å². The van der Waals surface area contributed by atoms with E-state index < -0.39 is 12.3 Å². The Balaban J connectivity index is 2.64. The number of rotatable bonds is 3. The molecule has 0 saturated heterocycles. The quantitative estimate of drug-likeness (QED) is 0.767. The molecule has 0 amide bonds. The molecule has 0 aliphatic heterocycles. The second-order valence-corrected chi connectivity index (χ2v) is 2.41. The van der Waals surface area contributed by atoms with Crippen LogP contribution in [0.15, 0.2) is 18.3 Å². The zero-order valence-corrected chi connectivity index (χ0v) is 6.90. The fourth-order valence-corrected chi connectivity index (χ4v) is 0.694. The topological polar surface area (TPSA) is 59.4 Å². The number of aryl methyl sites for hydroxylation is 1. The number of hydrogen-bond acceptors (Lipinski definition) is 3. The molecule has 1 N–H and O–H groups in total. The predicted molar refractivity (Wildman–Crippen MR) is 42.1 cm³/mol. The van der Waals surface area contributed by atoms with Crippen LogP contribution in [0.25, 0.3) is 0 Å². The van der Waals surface area contributed by atoms with Gasteiger partial charge in [-0.1, -0.05) is 0 Å². The standard InChI is InChI=1S/C8H8FNO3/c1-5-2-3-6(4-10-5)13-7(9)8(11)12/h2-4,7H,1H3,(H,11,12). The Hall–Kier alpha value is -1.65. The van der Waals surface area contributed by atoms with Crippen molar-refractivity contribution < 1.29 is 19.0 Å². The lowest BCUT2D eigenvalue weighted by atomic mass is 10.4. The minimum absolute atomic E-state index is 0.0977. The van der Waals surface area contributed by atoms with Gasteiger partial charge in [0.2, 0.25) is 0 Å². The molecule has 1 aromatic rings. The Morgan fingerprint density at radius 3 is 2.85 bits per heavy atom. The Bertz CT molecular complexity index is 299. The van der Waals surface area contributed by atoms with E-state index in [1.165, 1.54) is 12.3 Å². The summed E-state index contributed by atoms with van der Waals surface area (Å²) in [5, 5.41) is 8.18. The number of hydrogen-bond donors (Lipinski definition) is 1. The number of aliphatic carboxylic acids is 1. The van der Waals surface area contributed by atoms with Crippen LogP contribution in [0, 0.1) is 6.92 Å². The number of nitrogens with zero attached hydrogens (tertiary/aromatic N) is 1. The molecular formula is C8H8FNO3. The summed E-state index contributed by atoms with van der Waals surface area (Å²) in [5.74, 6) is -1.55. The second kappa shape index (κ2) is 3.84. The highest BCUT2D eigenvalue weighted by atomic mass is 19.1. The Labute approximate surface area is 74.0 Å². The van der Waals surface area contributed by atoms with Gasteiger partial charge in [-0.3, -0.25) is 4.98 Å². The normalized spacial score (nSPS) is 12.2. The number of carbonyl (C=O) groups is 1. The average Bonchev–Trinajstić information content (AvgIpc) is 2.08. The molecule has 4 nitrogen and oxygen atoms in total. The first-order chi connectivity index (χ1) is 6.09. The summed E-state index contributed by atoms with van der Waals surface area (Å²) in [6.45, 7) is 1.76. The molecule has 1 heterocycles. The molecule has 0 radical (unpaired) electrons. The highest BCUT2D eigenvalue weighted by Gasteiger charge is 2.16. The third-order valence-corrected chi connectivity index (χ3v) is 1.32. The molecule has 0 bridgehead atoms. The molecule has 1 aromatic heterocycles. The molecule has 0 aliphatic rings. The van der Waals surface area contributed by atoms with E-state index in [2.05, 4.69) is 9.72 Å². The molecule has 0 saturated carbocycles. The summed E-state index contributed by atoms with van der Waals surface area (Å²) in [4.78, 5) is 13.9. The minimum Gasteiger partial charge on any atom is -0.476 e. The summed E-state index contributed by atoms with van der Waals surface area (Å²) in [6.07, 6.45) is -1.07. The molecule has 1 rings (SSSR count). The molecule has 13 heavy (non-hydrogen) atoms. The van der Waals surface area contributed by atoms with E-state index in [4.69, 9.17) is 5.11 Å². The number of carboxylic acids is 1. The van der Waals surface area contributed by atoms with E-state index in [-0.39, 0.29) is 5.75 Å². The third-order valence-electron chi connectivity index (χ3n) is 1.32. The smallest absolute Gasteiger partial charge is 0.378 e. The van der Waals surface area contributed by atoms with E-state index in [0.29, 0.717) is 0 Å². The molecule has 0 aliphatic carbocycles. The summed E-state index contributed by atoms with van der Waals surface area (Å²) < 4.78 is 16.9. The summed E-state index contributed by atoms with van der Waals surface area (Å²) in [6, 6.07) is 3.06. The van der Waals surface area contributed by atoms with Gasteiger partial charge < -0.3 is 9.84 Å². The fourth-order valence-electron chi connectivity index (χ4n) is 0.694. The van der Waals surface area contributed by atoms with Crippen molar-refractivity contribution in [3.63, 3.8) is 0 Å². The summed E-state index contributed by atoms with van der Waals surface area (Å²) in [7, 11) is 0. The Morgan fingerprint density at radius 1 is 1.69 bits per heavy atom. The number of halogens is 1. The minimum atomic E-state index is -2.34. The fraction of sp³-hybridized carbons (Fsp3) is 0.250. The maximum Gasteiger partial charge on any atom is 0.378 e.